The molecule has 1 fully saturated rings. The van der Waals surface area contributed by atoms with Gasteiger partial charge >= 0.3 is 19.8 Å². The summed E-state index contributed by atoms with van der Waals surface area (Å²) in [4.78, 5) is 35.3. The number of epoxide rings is 1. The number of nitrogens with zero attached hydrogens (tertiary/aromatic N) is 1. The van der Waals surface area contributed by atoms with E-state index < -0.39 is 32.5 Å². The maximum atomic E-state index is 12.7. The van der Waals surface area contributed by atoms with Crippen LogP contribution in [0.15, 0.2) is 48.6 Å². The van der Waals surface area contributed by atoms with Crippen LogP contribution in [-0.4, -0.2) is 87.1 Å². The SMILES string of the molecule is CCCCC/C=C\C/C=C\CC1OC1C/C=C\CCCC(=O)O[C@H](COC(=O)CCCCCCC/C=C\CCCCCC)COP(=O)(O)OCC[N+](C)(C)C. The van der Waals surface area contributed by atoms with Gasteiger partial charge in [0, 0.05) is 12.8 Å². The highest BCUT2D eigenvalue weighted by Crippen LogP contribution is 2.43. The summed E-state index contributed by atoms with van der Waals surface area (Å²) in [6, 6.07) is 0. The number of hydrogen-bond acceptors (Lipinski definition) is 8. The first kappa shape index (κ1) is 50.9. The Morgan fingerprint density at radius 1 is 0.655 bits per heavy atom. The minimum absolute atomic E-state index is 0.0156. The first-order valence-corrected chi connectivity index (χ1v) is 23.0. The van der Waals surface area contributed by atoms with E-state index in [2.05, 4.69) is 62.5 Å². The van der Waals surface area contributed by atoms with Crippen LogP contribution in [0.3, 0.4) is 0 Å². The summed E-state index contributed by atoms with van der Waals surface area (Å²) >= 11 is 0. The van der Waals surface area contributed by atoms with Crippen LogP contribution in [0.25, 0.3) is 0 Å². The normalized spacial score (nSPS) is 17.8. The van der Waals surface area contributed by atoms with Gasteiger partial charge in [0.2, 0.25) is 0 Å². The van der Waals surface area contributed by atoms with E-state index in [1.54, 1.807) is 0 Å². The van der Waals surface area contributed by atoms with Crippen LogP contribution in [0.1, 0.15) is 155 Å². The first-order chi connectivity index (χ1) is 26.5. The van der Waals surface area contributed by atoms with Crippen LogP contribution in [0.4, 0.5) is 0 Å². The smallest absolute Gasteiger partial charge is 0.462 e. The maximum Gasteiger partial charge on any atom is 0.472 e. The second kappa shape index (κ2) is 33.0. The summed E-state index contributed by atoms with van der Waals surface area (Å²) in [5.41, 5.74) is 0. The molecule has 0 radical (unpaired) electrons. The van der Waals surface area contributed by atoms with Crippen molar-refractivity contribution in [2.75, 3.05) is 47.5 Å². The topological polar surface area (TPSA) is 121 Å². The van der Waals surface area contributed by atoms with Gasteiger partial charge in [0.05, 0.1) is 40.0 Å². The van der Waals surface area contributed by atoms with E-state index in [-0.39, 0.29) is 38.3 Å². The lowest BCUT2D eigenvalue weighted by atomic mass is 10.1. The standard InChI is InChI=1S/C44H78NO9P/c1-6-8-10-12-14-16-17-18-19-21-23-25-30-34-43(46)50-38-40(39-52-55(48,49)51-37-36-45(3,4)5)53-44(47)35-31-27-26-29-33-42-41(54-42)32-28-24-22-20-15-13-11-9-7-2/h15-17,20,24,26,28-29,40-42H,6-14,18-19,21-23,25,27,30-39H2,1-5H3/p+1/b17-16-,20-15-,28-24-,29-26-/t40-,41?,42?/m1/s1. The monoisotopic (exact) mass is 797 g/mol. The number of unbranched alkanes of at least 4 members (excludes halogenated alkanes) is 13. The fraction of sp³-hybridized carbons (Fsp3) is 0.773. The number of phosphoric ester groups is 1. The van der Waals surface area contributed by atoms with Gasteiger partial charge in [-0.1, -0.05) is 114 Å². The molecule has 0 aromatic heterocycles. The third kappa shape index (κ3) is 33.8. The summed E-state index contributed by atoms with van der Waals surface area (Å²) in [7, 11) is 1.42. The van der Waals surface area contributed by atoms with Gasteiger partial charge < -0.3 is 23.6 Å². The van der Waals surface area contributed by atoms with Gasteiger partial charge in [0.25, 0.3) is 0 Å². The molecule has 1 heterocycles. The molecule has 318 valence electrons. The third-order valence-corrected chi connectivity index (χ3v) is 10.2. The van der Waals surface area contributed by atoms with Crippen LogP contribution >= 0.6 is 7.82 Å². The Hall–Kier alpha value is -2.07. The Kier molecular flexibility index (Phi) is 30.5. The van der Waals surface area contributed by atoms with Crippen LogP contribution < -0.4 is 0 Å². The fourth-order valence-corrected chi connectivity index (χ4v) is 6.43. The van der Waals surface area contributed by atoms with Crippen molar-refractivity contribution in [2.24, 2.45) is 0 Å². The maximum absolute atomic E-state index is 12.7. The summed E-state index contributed by atoms with van der Waals surface area (Å²) in [6.45, 7) is 4.27. The van der Waals surface area contributed by atoms with Gasteiger partial charge in [-0.25, -0.2) is 4.57 Å². The molecule has 1 aliphatic rings. The molecule has 0 aromatic rings. The highest BCUT2D eigenvalue weighted by Gasteiger charge is 2.36. The average Bonchev–Trinajstić information content (AvgIpc) is 3.89. The molecule has 1 rings (SSSR count). The Balaban J connectivity index is 2.36. The van der Waals surface area contributed by atoms with Crippen LogP contribution in [0, 0.1) is 0 Å². The van der Waals surface area contributed by atoms with Gasteiger partial charge in [-0.15, -0.1) is 0 Å². The van der Waals surface area contributed by atoms with Crippen molar-refractivity contribution in [3.05, 3.63) is 48.6 Å². The van der Waals surface area contributed by atoms with E-state index >= 15 is 0 Å². The zero-order valence-corrected chi connectivity index (χ0v) is 36.2. The minimum atomic E-state index is -4.40. The lowest BCUT2D eigenvalue weighted by molar-refractivity contribution is -0.870. The zero-order valence-electron chi connectivity index (χ0n) is 35.3. The Labute approximate surface area is 335 Å². The zero-order chi connectivity index (χ0) is 40.5. The molecule has 10 nitrogen and oxygen atoms in total. The highest BCUT2D eigenvalue weighted by atomic mass is 31.2. The van der Waals surface area contributed by atoms with E-state index in [0.29, 0.717) is 30.3 Å². The van der Waals surface area contributed by atoms with Crippen molar-refractivity contribution >= 4 is 19.8 Å². The fourth-order valence-electron chi connectivity index (χ4n) is 5.69. The van der Waals surface area contributed by atoms with E-state index in [1.165, 1.54) is 51.4 Å². The lowest BCUT2D eigenvalue weighted by Crippen LogP contribution is -2.37. The molecule has 0 bridgehead atoms. The predicted octanol–water partition coefficient (Wildman–Crippen LogP) is 10.9. The number of rotatable bonds is 37. The Morgan fingerprint density at radius 3 is 1.84 bits per heavy atom. The number of allylic oxidation sites excluding steroid dienone is 6. The van der Waals surface area contributed by atoms with Gasteiger partial charge in [0.15, 0.2) is 6.10 Å². The number of likely N-dealkylation sites (N-methyl/N-ethyl adjacent to an activating group) is 1. The second-order valence-corrected chi connectivity index (χ2v) is 17.2. The molecule has 0 spiro atoms. The molecule has 0 saturated carbocycles. The van der Waals surface area contributed by atoms with Gasteiger partial charge in [-0.3, -0.25) is 18.6 Å². The highest BCUT2D eigenvalue weighted by molar-refractivity contribution is 7.47. The number of esters is 2. The van der Waals surface area contributed by atoms with Gasteiger partial charge in [-0.05, 0) is 77.0 Å². The van der Waals surface area contributed by atoms with E-state index in [1.807, 2.05) is 21.1 Å². The number of quaternary nitrogens is 1. The van der Waals surface area contributed by atoms with Gasteiger partial charge in [-0.2, -0.15) is 0 Å². The molecule has 1 N–H and O–H groups in total. The quantitative estimate of drug-likeness (QED) is 0.0163. The van der Waals surface area contributed by atoms with Crippen molar-refractivity contribution in [2.45, 2.75) is 173 Å². The molecule has 55 heavy (non-hydrogen) atoms. The molecule has 1 saturated heterocycles. The van der Waals surface area contributed by atoms with Crippen molar-refractivity contribution in [3.8, 4) is 0 Å². The number of ether oxygens (including phenoxy) is 3. The molecule has 0 aliphatic carbocycles. The number of carbonyl (C=O) groups is 2. The molecule has 0 amide bonds. The summed E-state index contributed by atoms with van der Waals surface area (Å²) in [5.74, 6) is -0.886. The van der Waals surface area contributed by atoms with Crippen molar-refractivity contribution in [1.82, 2.24) is 0 Å². The van der Waals surface area contributed by atoms with E-state index in [4.69, 9.17) is 23.3 Å². The summed E-state index contributed by atoms with van der Waals surface area (Å²) in [6.07, 6.45) is 39.0. The number of carbonyl (C=O) groups excluding carboxylic acids is 2. The summed E-state index contributed by atoms with van der Waals surface area (Å²) < 4.78 is 40.0. The van der Waals surface area contributed by atoms with Crippen LogP contribution in [0.5, 0.6) is 0 Å². The minimum Gasteiger partial charge on any atom is -0.462 e. The first-order valence-electron chi connectivity index (χ1n) is 21.5. The molecule has 4 atom stereocenters. The van der Waals surface area contributed by atoms with Gasteiger partial charge in [0.1, 0.15) is 19.8 Å². The Morgan fingerprint density at radius 2 is 1.16 bits per heavy atom. The van der Waals surface area contributed by atoms with Crippen molar-refractivity contribution in [1.29, 1.82) is 0 Å². The predicted molar refractivity (Wildman–Crippen MR) is 224 cm³/mol. The molecule has 1 aliphatic heterocycles. The molecular formula is C44H79NO9P+. The molecule has 3 unspecified atom stereocenters. The van der Waals surface area contributed by atoms with Crippen molar-refractivity contribution < 1.29 is 46.8 Å². The molecule has 11 heteroatoms. The largest absolute Gasteiger partial charge is 0.472 e. The Bertz CT molecular complexity index is 1150. The summed E-state index contributed by atoms with van der Waals surface area (Å²) in [5, 5.41) is 0. The molecule has 0 aromatic carbocycles. The van der Waals surface area contributed by atoms with Crippen LogP contribution in [0.2, 0.25) is 0 Å². The van der Waals surface area contributed by atoms with Crippen molar-refractivity contribution in [3.63, 3.8) is 0 Å². The van der Waals surface area contributed by atoms with E-state index in [0.717, 1.165) is 57.8 Å². The van der Waals surface area contributed by atoms with Crippen LogP contribution in [-0.2, 0) is 37.4 Å². The number of phosphoric acid groups is 1. The lowest BCUT2D eigenvalue weighted by Gasteiger charge is -2.24. The average molecular weight is 797 g/mol. The second-order valence-electron chi connectivity index (χ2n) is 15.8. The van der Waals surface area contributed by atoms with E-state index in [9.17, 15) is 19.0 Å². The number of hydrogen-bond donors (Lipinski definition) is 1. The molecular weight excluding hydrogens is 717 g/mol. The third-order valence-electron chi connectivity index (χ3n) is 9.23.